The highest BCUT2D eigenvalue weighted by molar-refractivity contribution is 5.27. The van der Waals surface area contributed by atoms with Gasteiger partial charge in [-0.2, -0.15) is 0 Å². The van der Waals surface area contributed by atoms with Crippen molar-refractivity contribution in [3.63, 3.8) is 0 Å². The molecule has 1 N–H and O–H groups in total. The quantitative estimate of drug-likeness (QED) is 0.774. The molecule has 3 nitrogen and oxygen atoms in total. The first-order valence-corrected chi connectivity index (χ1v) is 7.48. The van der Waals surface area contributed by atoms with E-state index in [9.17, 15) is 0 Å². The lowest BCUT2D eigenvalue weighted by Crippen LogP contribution is -2.36. The summed E-state index contributed by atoms with van der Waals surface area (Å²) >= 11 is 0. The summed E-state index contributed by atoms with van der Waals surface area (Å²) in [6.45, 7) is 9.32. The molecule has 0 aliphatic carbocycles. The number of methoxy groups -OCH3 is 1. The molecule has 1 saturated heterocycles. The summed E-state index contributed by atoms with van der Waals surface area (Å²) in [5.41, 5.74) is 1.33. The molecule has 0 unspecified atom stereocenters. The van der Waals surface area contributed by atoms with E-state index in [2.05, 4.69) is 28.9 Å². The predicted octanol–water partition coefficient (Wildman–Crippen LogP) is 2.68. The minimum atomic E-state index is 0.814. The number of nitrogens with zero attached hydrogens (tertiary/aromatic N) is 1. The fourth-order valence-corrected chi connectivity index (χ4v) is 2.80. The molecular formula is C17H26N2O. The zero-order valence-corrected chi connectivity index (χ0v) is 12.5. The summed E-state index contributed by atoms with van der Waals surface area (Å²) in [6.07, 6.45) is 4.58. The van der Waals surface area contributed by atoms with Gasteiger partial charge in [0, 0.05) is 19.6 Å². The van der Waals surface area contributed by atoms with Crippen molar-refractivity contribution in [2.75, 3.05) is 33.3 Å². The van der Waals surface area contributed by atoms with Gasteiger partial charge in [-0.05, 0) is 49.5 Å². The van der Waals surface area contributed by atoms with E-state index in [0.29, 0.717) is 0 Å². The van der Waals surface area contributed by atoms with E-state index in [0.717, 1.165) is 37.8 Å². The van der Waals surface area contributed by atoms with Crippen LogP contribution in [0.25, 0.3) is 0 Å². The van der Waals surface area contributed by atoms with Crippen molar-refractivity contribution in [1.29, 1.82) is 0 Å². The molecule has 110 valence electrons. The third kappa shape index (κ3) is 4.66. The molecule has 1 aromatic carbocycles. The Morgan fingerprint density at radius 2 is 2.00 bits per heavy atom. The third-order valence-corrected chi connectivity index (χ3v) is 3.93. The lowest BCUT2D eigenvalue weighted by molar-refractivity contribution is 0.216. The van der Waals surface area contributed by atoms with E-state index in [1.54, 1.807) is 7.11 Å². The molecule has 1 aliphatic rings. The fourth-order valence-electron chi connectivity index (χ4n) is 2.80. The predicted molar refractivity (Wildman–Crippen MR) is 84.1 cm³/mol. The van der Waals surface area contributed by atoms with Gasteiger partial charge in [0.1, 0.15) is 5.75 Å². The van der Waals surface area contributed by atoms with Gasteiger partial charge in [-0.1, -0.05) is 18.2 Å². The molecule has 3 heteroatoms. The van der Waals surface area contributed by atoms with Gasteiger partial charge in [0.2, 0.25) is 0 Å². The Morgan fingerprint density at radius 3 is 2.60 bits per heavy atom. The van der Waals surface area contributed by atoms with Crippen LogP contribution in [0.5, 0.6) is 5.75 Å². The molecule has 0 bridgehead atoms. The lowest BCUT2D eigenvalue weighted by Gasteiger charge is -2.29. The van der Waals surface area contributed by atoms with Crippen molar-refractivity contribution in [3.05, 3.63) is 42.5 Å². The molecule has 0 saturated carbocycles. The van der Waals surface area contributed by atoms with Gasteiger partial charge < -0.3 is 10.1 Å². The van der Waals surface area contributed by atoms with Crippen LogP contribution in [0, 0.1) is 5.92 Å². The minimum Gasteiger partial charge on any atom is -0.497 e. The average Bonchev–Trinajstić information content (AvgIpc) is 2.49. The highest BCUT2D eigenvalue weighted by atomic mass is 16.5. The van der Waals surface area contributed by atoms with E-state index in [-0.39, 0.29) is 0 Å². The number of nitrogens with one attached hydrogen (secondary N) is 1. The van der Waals surface area contributed by atoms with Crippen molar-refractivity contribution in [1.82, 2.24) is 10.2 Å². The summed E-state index contributed by atoms with van der Waals surface area (Å²) < 4.78 is 5.21. The van der Waals surface area contributed by atoms with Gasteiger partial charge in [-0.3, -0.25) is 4.90 Å². The van der Waals surface area contributed by atoms with Crippen molar-refractivity contribution in [2.24, 2.45) is 5.92 Å². The van der Waals surface area contributed by atoms with Crippen LogP contribution in [0.2, 0.25) is 0 Å². The van der Waals surface area contributed by atoms with Gasteiger partial charge in [-0.15, -0.1) is 6.58 Å². The summed E-state index contributed by atoms with van der Waals surface area (Å²) in [6, 6.07) is 8.37. The smallest absolute Gasteiger partial charge is 0.118 e. The van der Waals surface area contributed by atoms with Gasteiger partial charge in [-0.25, -0.2) is 0 Å². The Hall–Kier alpha value is -1.32. The van der Waals surface area contributed by atoms with E-state index < -0.39 is 0 Å². The van der Waals surface area contributed by atoms with Gasteiger partial charge in [0.15, 0.2) is 0 Å². The van der Waals surface area contributed by atoms with Crippen LogP contribution < -0.4 is 10.1 Å². The second-order valence-corrected chi connectivity index (χ2v) is 5.52. The first-order chi connectivity index (χ1) is 9.81. The molecule has 0 atom stereocenters. The molecule has 0 amide bonds. The largest absolute Gasteiger partial charge is 0.497 e. The van der Waals surface area contributed by atoms with E-state index >= 15 is 0 Å². The zero-order chi connectivity index (χ0) is 14.2. The molecule has 0 spiro atoms. The first kappa shape index (κ1) is 15.1. The number of piperidine rings is 1. The van der Waals surface area contributed by atoms with Crippen LogP contribution in [0.1, 0.15) is 18.4 Å². The first-order valence-electron chi connectivity index (χ1n) is 7.48. The number of ether oxygens (including phenoxy) is 1. The molecule has 1 heterocycles. The topological polar surface area (TPSA) is 24.5 Å². The Morgan fingerprint density at radius 1 is 1.30 bits per heavy atom. The van der Waals surface area contributed by atoms with Crippen LogP contribution in [0.3, 0.4) is 0 Å². The number of hydrogen-bond acceptors (Lipinski definition) is 3. The molecule has 0 radical (unpaired) electrons. The standard InChI is InChI=1S/C17H26N2O/c1-3-12-19(14-16-8-10-18-11-9-16)13-15-4-6-17(20-2)7-5-15/h3-7,16,18H,1,8-14H2,2H3. The van der Waals surface area contributed by atoms with Crippen LogP contribution in [0.15, 0.2) is 36.9 Å². The van der Waals surface area contributed by atoms with Crippen LogP contribution >= 0.6 is 0 Å². The third-order valence-electron chi connectivity index (χ3n) is 3.93. The van der Waals surface area contributed by atoms with Crippen molar-refractivity contribution in [3.8, 4) is 5.75 Å². The summed E-state index contributed by atoms with van der Waals surface area (Å²) in [5, 5.41) is 3.43. The highest BCUT2D eigenvalue weighted by Gasteiger charge is 2.16. The number of hydrogen-bond donors (Lipinski definition) is 1. The minimum absolute atomic E-state index is 0.814. The summed E-state index contributed by atoms with van der Waals surface area (Å²) in [5.74, 6) is 1.73. The second kappa shape index (κ2) is 8.08. The van der Waals surface area contributed by atoms with Crippen LogP contribution in [0.4, 0.5) is 0 Å². The van der Waals surface area contributed by atoms with Crippen LogP contribution in [-0.2, 0) is 6.54 Å². The maximum Gasteiger partial charge on any atom is 0.118 e. The van der Waals surface area contributed by atoms with Gasteiger partial charge >= 0.3 is 0 Å². The summed E-state index contributed by atoms with van der Waals surface area (Å²) in [7, 11) is 1.70. The molecule has 0 aromatic heterocycles. The Bertz CT molecular complexity index is 396. The Balaban J connectivity index is 1.91. The van der Waals surface area contributed by atoms with E-state index in [1.165, 1.54) is 24.9 Å². The lowest BCUT2D eigenvalue weighted by atomic mass is 9.97. The zero-order valence-electron chi connectivity index (χ0n) is 12.5. The highest BCUT2D eigenvalue weighted by Crippen LogP contribution is 2.17. The molecule has 1 aliphatic heterocycles. The van der Waals surface area contributed by atoms with Gasteiger partial charge in [0.25, 0.3) is 0 Å². The molecule has 20 heavy (non-hydrogen) atoms. The molecule has 1 fully saturated rings. The average molecular weight is 274 g/mol. The molecule has 2 rings (SSSR count). The van der Waals surface area contributed by atoms with Crippen LogP contribution in [-0.4, -0.2) is 38.2 Å². The second-order valence-electron chi connectivity index (χ2n) is 5.52. The van der Waals surface area contributed by atoms with Gasteiger partial charge in [0.05, 0.1) is 7.11 Å². The normalized spacial score (nSPS) is 16.3. The Kier molecular flexibility index (Phi) is 6.09. The van der Waals surface area contributed by atoms with Crippen molar-refractivity contribution in [2.45, 2.75) is 19.4 Å². The number of benzene rings is 1. The monoisotopic (exact) mass is 274 g/mol. The van der Waals surface area contributed by atoms with Crippen molar-refractivity contribution >= 4 is 0 Å². The number of rotatable bonds is 7. The Labute approximate surface area is 122 Å². The van der Waals surface area contributed by atoms with Crippen molar-refractivity contribution < 1.29 is 4.74 Å². The summed E-state index contributed by atoms with van der Waals surface area (Å²) in [4.78, 5) is 2.49. The fraction of sp³-hybridized carbons (Fsp3) is 0.529. The maximum absolute atomic E-state index is 5.21. The maximum atomic E-state index is 5.21. The van der Waals surface area contributed by atoms with E-state index in [4.69, 9.17) is 4.74 Å². The molecule has 1 aromatic rings. The van der Waals surface area contributed by atoms with E-state index in [1.807, 2.05) is 18.2 Å². The SMILES string of the molecule is C=CCN(Cc1ccc(OC)cc1)CC1CCNCC1. The molecular weight excluding hydrogens is 248 g/mol.